The van der Waals surface area contributed by atoms with Gasteiger partial charge in [-0.2, -0.15) is 0 Å². The van der Waals surface area contributed by atoms with Crippen LogP contribution in [0.15, 0.2) is 24.3 Å². The predicted molar refractivity (Wildman–Crippen MR) is 74.9 cm³/mol. The Bertz CT molecular complexity index is 587. The molecule has 4 nitrogen and oxygen atoms in total. The molecule has 0 bridgehead atoms. The van der Waals surface area contributed by atoms with Crippen molar-refractivity contribution in [1.29, 1.82) is 0 Å². The lowest BCUT2D eigenvalue weighted by Crippen LogP contribution is -2.14. The molecule has 0 N–H and O–H groups in total. The molecule has 7 heteroatoms. The van der Waals surface area contributed by atoms with Gasteiger partial charge in [-0.15, -0.1) is 5.10 Å². The maximum Gasteiger partial charge on any atom is 0.234 e. The summed E-state index contributed by atoms with van der Waals surface area (Å²) in [5.41, 5.74) is 2.33. The molecule has 0 fully saturated rings. The summed E-state index contributed by atoms with van der Waals surface area (Å²) in [5.74, 6) is 0. The summed E-state index contributed by atoms with van der Waals surface area (Å²) in [5, 5.41) is 7.56. The minimum Gasteiger partial charge on any atom is -0.296 e. The summed E-state index contributed by atoms with van der Waals surface area (Å²) in [7, 11) is 0. The van der Waals surface area contributed by atoms with Crippen LogP contribution in [0.4, 0.5) is 0 Å². The summed E-state index contributed by atoms with van der Waals surface area (Å²) in [6, 6.07) is 7.84. The number of carbonyl (C=O) groups is 1. The molecule has 1 heterocycles. The van der Waals surface area contributed by atoms with E-state index in [4.69, 9.17) is 34.8 Å². The number of carbonyl (C=O) groups excluding carboxylic acids is 1. The molecule has 19 heavy (non-hydrogen) atoms. The molecule has 0 atom stereocenters. The lowest BCUT2D eigenvalue weighted by Gasteiger charge is -2.13. The lowest BCUT2D eigenvalue weighted by atomic mass is 10.1. The number of nitrogens with zero attached hydrogens (tertiary/aromatic N) is 3. The normalized spacial score (nSPS) is 11.6. The van der Waals surface area contributed by atoms with Crippen molar-refractivity contribution in [2.45, 2.75) is 17.3 Å². The highest BCUT2D eigenvalue weighted by Gasteiger charge is 2.32. The minimum atomic E-state index is -1.75. The second kappa shape index (κ2) is 5.49. The quantitative estimate of drug-likeness (QED) is 0.644. The van der Waals surface area contributed by atoms with Crippen LogP contribution in [0, 0.1) is 6.92 Å². The fraction of sp³-hybridized carbons (Fsp3) is 0.250. The van der Waals surface area contributed by atoms with E-state index in [1.54, 1.807) is 0 Å². The van der Waals surface area contributed by atoms with Gasteiger partial charge in [0.2, 0.25) is 3.79 Å². The van der Waals surface area contributed by atoms with Gasteiger partial charge in [-0.3, -0.25) is 4.79 Å². The van der Waals surface area contributed by atoms with E-state index in [9.17, 15) is 4.79 Å². The van der Waals surface area contributed by atoms with Crippen molar-refractivity contribution >= 4 is 41.1 Å². The molecule has 2 aromatic rings. The zero-order chi connectivity index (χ0) is 14.0. The third kappa shape index (κ3) is 3.26. The first kappa shape index (κ1) is 14.3. The van der Waals surface area contributed by atoms with Gasteiger partial charge in [-0.25, -0.2) is 4.68 Å². The topological polar surface area (TPSA) is 47.8 Å². The lowest BCUT2D eigenvalue weighted by molar-refractivity contribution is 0.111. The summed E-state index contributed by atoms with van der Waals surface area (Å²) >= 11 is 17.6. The van der Waals surface area contributed by atoms with Gasteiger partial charge >= 0.3 is 0 Å². The van der Waals surface area contributed by atoms with Gasteiger partial charge in [0.1, 0.15) is 5.69 Å². The van der Waals surface area contributed by atoms with Crippen LogP contribution in [-0.4, -0.2) is 21.3 Å². The van der Waals surface area contributed by atoms with E-state index >= 15 is 0 Å². The fourth-order valence-corrected chi connectivity index (χ4v) is 2.26. The minimum absolute atomic E-state index is 0.0344. The van der Waals surface area contributed by atoms with Crippen molar-refractivity contribution < 1.29 is 4.79 Å². The molecule has 0 aliphatic carbocycles. The molecule has 1 aromatic heterocycles. The van der Waals surface area contributed by atoms with E-state index in [2.05, 4.69) is 10.3 Å². The van der Waals surface area contributed by atoms with Crippen molar-refractivity contribution in [3.8, 4) is 0 Å². The van der Waals surface area contributed by atoms with Crippen LogP contribution in [0.3, 0.4) is 0 Å². The van der Waals surface area contributed by atoms with Crippen LogP contribution in [0.25, 0.3) is 0 Å². The highest BCUT2D eigenvalue weighted by atomic mass is 35.6. The van der Waals surface area contributed by atoms with E-state index in [1.807, 2.05) is 31.2 Å². The molecule has 0 saturated carbocycles. The van der Waals surface area contributed by atoms with Gasteiger partial charge in [0, 0.05) is 0 Å². The molecule has 0 spiro atoms. The third-order valence-corrected chi connectivity index (χ3v) is 3.13. The van der Waals surface area contributed by atoms with Crippen LogP contribution in [-0.2, 0) is 10.3 Å². The van der Waals surface area contributed by atoms with E-state index in [0.29, 0.717) is 12.8 Å². The Morgan fingerprint density at radius 1 is 1.26 bits per heavy atom. The van der Waals surface area contributed by atoms with Gasteiger partial charge < -0.3 is 0 Å². The maximum absolute atomic E-state index is 10.9. The van der Waals surface area contributed by atoms with E-state index in [1.165, 1.54) is 4.68 Å². The Balaban J connectivity index is 2.38. The van der Waals surface area contributed by atoms with Crippen molar-refractivity contribution in [2.24, 2.45) is 0 Å². The van der Waals surface area contributed by atoms with Crippen molar-refractivity contribution in [1.82, 2.24) is 15.0 Å². The number of alkyl halides is 3. The molecular formula is C12H10Cl3N3O. The van der Waals surface area contributed by atoms with Crippen LogP contribution >= 0.6 is 34.8 Å². The van der Waals surface area contributed by atoms with E-state index in [-0.39, 0.29) is 11.4 Å². The smallest absolute Gasteiger partial charge is 0.234 e. The zero-order valence-electron chi connectivity index (χ0n) is 9.98. The number of halogens is 3. The summed E-state index contributed by atoms with van der Waals surface area (Å²) in [6.45, 7) is 2.38. The molecule has 0 saturated heterocycles. The summed E-state index contributed by atoms with van der Waals surface area (Å²) < 4.78 is -0.328. The molecule has 100 valence electrons. The van der Waals surface area contributed by atoms with Crippen LogP contribution in [0.5, 0.6) is 0 Å². The van der Waals surface area contributed by atoms with E-state index < -0.39 is 3.79 Å². The van der Waals surface area contributed by atoms with Gasteiger partial charge in [-0.1, -0.05) is 69.8 Å². The average molecular weight is 319 g/mol. The highest BCUT2D eigenvalue weighted by Crippen LogP contribution is 2.39. The molecule has 0 aliphatic rings. The van der Waals surface area contributed by atoms with Gasteiger partial charge in [0.15, 0.2) is 12.0 Å². The number of aryl methyl sites for hydroxylation is 1. The largest absolute Gasteiger partial charge is 0.296 e. The SMILES string of the molecule is Cc1ccc(Cn2nnc(C=O)c2C(Cl)(Cl)Cl)cc1. The van der Waals surface area contributed by atoms with Gasteiger partial charge in [0.05, 0.1) is 6.54 Å². The van der Waals surface area contributed by atoms with Gasteiger partial charge in [0.25, 0.3) is 0 Å². The maximum atomic E-state index is 10.9. The second-order valence-electron chi connectivity index (χ2n) is 4.08. The number of aldehydes is 1. The average Bonchev–Trinajstić information content (AvgIpc) is 2.75. The third-order valence-electron chi connectivity index (χ3n) is 2.59. The molecule has 1 aromatic carbocycles. The van der Waals surface area contributed by atoms with Gasteiger partial charge in [-0.05, 0) is 12.5 Å². The second-order valence-corrected chi connectivity index (χ2v) is 6.36. The van der Waals surface area contributed by atoms with E-state index in [0.717, 1.165) is 11.1 Å². The molecular weight excluding hydrogens is 309 g/mol. The Hall–Kier alpha value is -1.10. The zero-order valence-corrected chi connectivity index (χ0v) is 12.2. The molecule has 0 aliphatic heterocycles. The Kier molecular flexibility index (Phi) is 4.13. The molecule has 0 radical (unpaired) electrons. The Morgan fingerprint density at radius 2 is 1.89 bits per heavy atom. The number of rotatable bonds is 3. The summed E-state index contributed by atoms with van der Waals surface area (Å²) in [6.07, 6.45) is 0.524. The molecule has 0 amide bonds. The first-order valence-corrected chi connectivity index (χ1v) is 6.56. The van der Waals surface area contributed by atoms with Crippen molar-refractivity contribution in [3.05, 3.63) is 46.8 Å². The number of benzene rings is 1. The highest BCUT2D eigenvalue weighted by molar-refractivity contribution is 6.66. The number of aromatic nitrogens is 3. The Morgan fingerprint density at radius 3 is 2.42 bits per heavy atom. The van der Waals surface area contributed by atoms with Crippen molar-refractivity contribution in [3.63, 3.8) is 0 Å². The van der Waals surface area contributed by atoms with Crippen LogP contribution in [0.1, 0.15) is 27.3 Å². The summed E-state index contributed by atoms with van der Waals surface area (Å²) in [4.78, 5) is 10.9. The van der Waals surface area contributed by atoms with Crippen LogP contribution < -0.4 is 0 Å². The Labute approximate surface area is 125 Å². The first-order valence-electron chi connectivity index (χ1n) is 5.43. The molecule has 2 rings (SSSR count). The number of hydrogen-bond acceptors (Lipinski definition) is 3. The fourth-order valence-electron chi connectivity index (χ4n) is 1.67. The standard InChI is InChI=1S/C12H10Cl3N3O/c1-8-2-4-9(5-3-8)6-18-11(12(13,14)15)10(7-19)16-17-18/h2-5,7H,6H2,1H3. The molecule has 0 unspecified atom stereocenters. The number of hydrogen-bond donors (Lipinski definition) is 0. The van der Waals surface area contributed by atoms with Crippen molar-refractivity contribution in [2.75, 3.05) is 0 Å². The predicted octanol–water partition coefficient (Wildman–Crippen LogP) is 3.27. The first-order chi connectivity index (χ1) is 8.91. The van der Waals surface area contributed by atoms with Crippen LogP contribution in [0.2, 0.25) is 0 Å². The monoisotopic (exact) mass is 317 g/mol.